The zero-order valence-electron chi connectivity index (χ0n) is 13.1. The van der Waals surface area contributed by atoms with Crippen molar-refractivity contribution in [1.82, 2.24) is 9.97 Å². The van der Waals surface area contributed by atoms with Crippen LogP contribution in [-0.4, -0.2) is 26.2 Å². The molecule has 126 valence electrons. The number of rotatable bonds is 5. The van der Waals surface area contributed by atoms with Gasteiger partial charge in [0, 0.05) is 29.2 Å². The van der Waals surface area contributed by atoms with E-state index in [1.54, 1.807) is 24.5 Å². The number of benzene rings is 2. The van der Waals surface area contributed by atoms with Crippen molar-refractivity contribution in [1.29, 1.82) is 0 Å². The van der Waals surface area contributed by atoms with E-state index in [1.165, 1.54) is 18.2 Å². The molecule has 0 aliphatic heterocycles. The lowest BCUT2D eigenvalue weighted by atomic mass is 10.2. The van der Waals surface area contributed by atoms with Gasteiger partial charge >= 0.3 is 5.97 Å². The number of nitrogen functional groups attached to an aromatic ring is 1. The molecule has 0 atom stereocenters. The number of carboxylic acids is 1. The number of hydrogen-bond donors (Lipinski definition) is 3. The second-order valence-electron chi connectivity index (χ2n) is 5.31. The number of phenols is 1. The highest BCUT2D eigenvalue weighted by Gasteiger charge is 2.11. The topological polar surface area (TPSA) is 119 Å². The van der Waals surface area contributed by atoms with Crippen LogP contribution in [0.25, 0.3) is 11.4 Å². The van der Waals surface area contributed by atoms with E-state index in [0.717, 1.165) is 11.1 Å². The quantitative estimate of drug-likeness (QED) is 0.612. The summed E-state index contributed by atoms with van der Waals surface area (Å²) in [6.45, 7) is 0.168. The fourth-order valence-electron chi connectivity index (χ4n) is 2.20. The van der Waals surface area contributed by atoms with Gasteiger partial charge in [-0.25, -0.2) is 14.8 Å². The maximum atomic E-state index is 11.0. The van der Waals surface area contributed by atoms with Gasteiger partial charge in [-0.3, -0.25) is 0 Å². The minimum atomic E-state index is -1.22. The summed E-state index contributed by atoms with van der Waals surface area (Å²) in [5.41, 5.74) is 7.70. The molecule has 3 aromatic rings. The van der Waals surface area contributed by atoms with Crippen molar-refractivity contribution in [2.24, 2.45) is 0 Å². The van der Waals surface area contributed by atoms with Crippen molar-refractivity contribution in [2.75, 3.05) is 5.73 Å². The predicted molar refractivity (Wildman–Crippen MR) is 91.3 cm³/mol. The molecule has 3 rings (SSSR count). The number of nitrogens with two attached hydrogens (primary N) is 1. The highest BCUT2D eigenvalue weighted by Crippen LogP contribution is 2.24. The number of ether oxygens (including phenoxy) is 1. The van der Waals surface area contributed by atoms with Crippen LogP contribution in [-0.2, 0) is 6.61 Å². The van der Waals surface area contributed by atoms with Gasteiger partial charge in [0.25, 0.3) is 0 Å². The molecule has 1 heterocycles. The number of carboxylic acid groups (broad SMARTS) is 1. The summed E-state index contributed by atoms with van der Waals surface area (Å²) in [7, 11) is 0. The average Bonchev–Trinajstić information content (AvgIpc) is 2.61. The Labute approximate surface area is 143 Å². The number of hydrogen-bond acceptors (Lipinski definition) is 6. The van der Waals surface area contributed by atoms with Gasteiger partial charge in [0.05, 0.1) is 0 Å². The largest absolute Gasteiger partial charge is 0.507 e. The summed E-state index contributed by atoms with van der Waals surface area (Å²) in [5, 5.41) is 18.5. The summed E-state index contributed by atoms with van der Waals surface area (Å²) in [5.74, 6) is -0.656. The molecule has 4 N–H and O–H groups in total. The standard InChI is InChI=1S/C18H15N3O4/c19-13-3-1-2-12(6-13)17-20-8-11(9-21-17)10-25-14-4-5-16(22)15(7-14)18(23)24/h1-9,22H,10,19H2,(H,23,24). The van der Waals surface area contributed by atoms with E-state index in [1.807, 2.05) is 12.1 Å². The summed E-state index contributed by atoms with van der Waals surface area (Å²) >= 11 is 0. The third-order valence-electron chi connectivity index (χ3n) is 3.45. The minimum Gasteiger partial charge on any atom is -0.507 e. The molecular weight excluding hydrogens is 322 g/mol. The van der Waals surface area contributed by atoms with Gasteiger partial charge in [-0.1, -0.05) is 12.1 Å². The average molecular weight is 337 g/mol. The van der Waals surface area contributed by atoms with Crippen molar-refractivity contribution < 1.29 is 19.7 Å². The van der Waals surface area contributed by atoms with Gasteiger partial charge in [0.1, 0.15) is 23.7 Å². The van der Waals surface area contributed by atoms with Crippen LogP contribution in [0.1, 0.15) is 15.9 Å². The van der Waals surface area contributed by atoms with Crippen LogP contribution in [0.3, 0.4) is 0 Å². The third kappa shape index (κ3) is 3.84. The van der Waals surface area contributed by atoms with E-state index < -0.39 is 5.97 Å². The molecule has 0 bridgehead atoms. The Kier molecular flexibility index (Phi) is 4.47. The Bertz CT molecular complexity index is 910. The van der Waals surface area contributed by atoms with Gasteiger partial charge in [0.2, 0.25) is 0 Å². The molecule has 0 aliphatic carbocycles. The smallest absolute Gasteiger partial charge is 0.339 e. The highest BCUT2D eigenvalue weighted by molar-refractivity contribution is 5.91. The number of nitrogens with zero attached hydrogens (tertiary/aromatic N) is 2. The second kappa shape index (κ2) is 6.88. The fraction of sp³-hybridized carbons (Fsp3) is 0.0556. The molecular formula is C18H15N3O4. The molecule has 0 spiro atoms. The molecule has 0 saturated heterocycles. The van der Waals surface area contributed by atoms with Gasteiger partial charge in [0.15, 0.2) is 5.82 Å². The molecule has 25 heavy (non-hydrogen) atoms. The first-order chi connectivity index (χ1) is 12.0. The first-order valence-electron chi connectivity index (χ1n) is 7.39. The first-order valence-corrected chi connectivity index (χ1v) is 7.39. The van der Waals surface area contributed by atoms with Gasteiger partial charge in [-0.15, -0.1) is 0 Å². The zero-order chi connectivity index (χ0) is 17.8. The van der Waals surface area contributed by atoms with Crippen LogP contribution >= 0.6 is 0 Å². The number of carbonyl (C=O) groups is 1. The third-order valence-corrected chi connectivity index (χ3v) is 3.45. The molecule has 0 aliphatic rings. The van der Waals surface area contributed by atoms with Crippen molar-refractivity contribution in [3.63, 3.8) is 0 Å². The van der Waals surface area contributed by atoms with Gasteiger partial charge in [-0.05, 0) is 30.3 Å². The van der Waals surface area contributed by atoms with E-state index in [4.69, 9.17) is 15.6 Å². The van der Waals surface area contributed by atoms with Crippen LogP contribution in [0.5, 0.6) is 11.5 Å². The van der Waals surface area contributed by atoms with Crippen molar-refractivity contribution in [3.8, 4) is 22.9 Å². The van der Waals surface area contributed by atoms with Crippen LogP contribution in [0.15, 0.2) is 54.9 Å². The monoisotopic (exact) mass is 337 g/mol. The van der Waals surface area contributed by atoms with Crippen molar-refractivity contribution in [3.05, 3.63) is 66.0 Å². The van der Waals surface area contributed by atoms with Crippen LogP contribution < -0.4 is 10.5 Å². The second-order valence-corrected chi connectivity index (χ2v) is 5.31. The minimum absolute atomic E-state index is 0.168. The molecule has 0 unspecified atom stereocenters. The van der Waals surface area contributed by atoms with Gasteiger partial charge < -0.3 is 20.7 Å². The Morgan fingerprint density at radius 3 is 2.56 bits per heavy atom. The summed E-state index contributed by atoms with van der Waals surface area (Å²) in [6.07, 6.45) is 3.26. The lowest BCUT2D eigenvalue weighted by Gasteiger charge is -2.08. The van der Waals surface area contributed by atoms with Crippen molar-refractivity contribution in [2.45, 2.75) is 6.61 Å². The van der Waals surface area contributed by atoms with Crippen LogP contribution in [0.4, 0.5) is 5.69 Å². The maximum absolute atomic E-state index is 11.0. The zero-order valence-corrected chi connectivity index (χ0v) is 13.1. The van der Waals surface area contributed by atoms with E-state index in [2.05, 4.69) is 9.97 Å². The van der Waals surface area contributed by atoms with Crippen LogP contribution in [0.2, 0.25) is 0 Å². The van der Waals surface area contributed by atoms with Crippen molar-refractivity contribution >= 4 is 11.7 Å². The normalized spacial score (nSPS) is 10.4. The van der Waals surface area contributed by atoms with E-state index in [0.29, 0.717) is 17.3 Å². The molecule has 0 saturated carbocycles. The SMILES string of the molecule is Nc1cccc(-c2ncc(COc3ccc(O)c(C(=O)O)c3)cn2)c1. The number of aromatic hydroxyl groups is 1. The first kappa shape index (κ1) is 16.3. The molecule has 7 heteroatoms. The summed E-state index contributed by atoms with van der Waals surface area (Å²) in [6, 6.07) is 11.3. The molecule has 0 amide bonds. The Balaban J connectivity index is 1.70. The maximum Gasteiger partial charge on any atom is 0.339 e. The Morgan fingerprint density at radius 2 is 1.88 bits per heavy atom. The Hall–Kier alpha value is -3.61. The number of aromatic nitrogens is 2. The van der Waals surface area contributed by atoms with Gasteiger partial charge in [-0.2, -0.15) is 0 Å². The molecule has 0 radical (unpaired) electrons. The van der Waals surface area contributed by atoms with Crippen LogP contribution in [0, 0.1) is 0 Å². The van der Waals surface area contributed by atoms with E-state index in [9.17, 15) is 9.90 Å². The molecule has 1 aromatic heterocycles. The Morgan fingerprint density at radius 1 is 1.12 bits per heavy atom. The fourth-order valence-corrected chi connectivity index (χ4v) is 2.20. The molecule has 2 aromatic carbocycles. The highest BCUT2D eigenvalue weighted by atomic mass is 16.5. The summed E-state index contributed by atoms with van der Waals surface area (Å²) < 4.78 is 5.53. The van der Waals surface area contributed by atoms with E-state index in [-0.39, 0.29) is 17.9 Å². The van der Waals surface area contributed by atoms with E-state index >= 15 is 0 Å². The summed E-state index contributed by atoms with van der Waals surface area (Å²) in [4.78, 5) is 19.6. The predicted octanol–water partition coefficient (Wildman–Crippen LogP) is 2.71. The molecule has 7 nitrogen and oxygen atoms in total. The lowest BCUT2D eigenvalue weighted by Crippen LogP contribution is -2.01. The molecule has 0 fully saturated rings. The lowest BCUT2D eigenvalue weighted by molar-refractivity contribution is 0.0693. The number of aromatic carboxylic acids is 1. The number of anilines is 1.